The molecule has 1 aliphatic heterocycles. The number of fused-ring (bicyclic) bond motifs is 5. The topological polar surface area (TPSA) is 21.3 Å². The Kier molecular flexibility index (Phi) is 6.28. The van der Waals surface area contributed by atoms with Gasteiger partial charge in [-0.1, -0.05) is 146 Å². The Morgan fingerprint density at radius 3 is 1.53 bits per heavy atom. The number of anilines is 1. The summed E-state index contributed by atoms with van der Waals surface area (Å²) >= 11 is 0. The molecule has 0 amide bonds. The SMILES string of the molecule is c1ccc2c(c1)NC(c1ccc(-c3ccc4c(-c5ccc6ccccc6c5)c5ccccc5c(-c5ccc6ccccc6c5)c4c3)cc1)O2. The van der Waals surface area contributed by atoms with Crippen LogP contribution in [0.3, 0.4) is 0 Å². The quantitative estimate of drug-likeness (QED) is 0.197. The van der Waals surface area contributed by atoms with E-state index in [9.17, 15) is 0 Å². The van der Waals surface area contributed by atoms with Gasteiger partial charge in [-0.05, 0) is 107 Å². The van der Waals surface area contributed by atoms with Crippen molar-refractivity contribution in [3.05, 3.63) is 181 Å². The molecule has 0 fully saturated rings. The van der Waals surface area contributed by atoms with Crippen molar-refractivity contribution in [2.45, 2.75) is 6.23 Å². The zero-order valence-corrected chi connectivity index (χ0v) is 26.7. The zero-order chi connectivity index (χ0) is 32.3. The molecule has 2 nitrogen and oxygen atoms in total. The number of hydrogen-bond acceptors (Lipinski definition) is 2. The van der Waals surface area contributed by atoms with Crippen molar-refractivity contribution in [3.8, 4) is 39.1 Å². The second-order valence-electron chi connectivity index (χ2n) is 12.9. The minimum absolute atomic E-state index is 0.196. The minimum atomic E-state index is -0.196. The van der Waals surface area contributed by atoms with E-state index < -0.39 is 0 Å². The van der Waals surface area contributed by atoms with Gasteiger partial charge in [-0.3, -0.25) is 0 Å². The Morgan fingerprint density at radius 2 is 0.878 bits per heavy atom. The summed E-state index contributed by atoms with van der Waals surface area (Å²) in [4.78, 5) is 0. The molecule has 9 aromatic rings. The van der Waals surface area contributed by atoms with Gasteiger partial charge in [-0.25, -0.2) is 0 Å². The molecule has 0 saturated heterocycles. The molecule has 1 heterocycles. The first kappa shape index (κ1) is 27.7. The first-order valence-corrected chi connectivity index (χ1v) is 16.9. The van der Waals surface area contributed by atoms with Crippen LogP contribution < -0.4 is 10.1 Å². The third-order valence-electron chi connectivity index (χ3n) is 10.1. The maximum Gasteiger partial charge on any atom is 0.196 e. The summed E-state index contributed by atoms with van der Waals surface area (Å²) in [5, 5.41) is 13.5. The first-order valence-electron chi connectivity index (χ1n) is 16.9. The largest absolute Gasteiger partial charge is 0.464 e. The summed E-state index contributed by atoms with van der Waals surface area (Å²) in [5.41, 5.74) is 9.47. The fraction of sp³-hybridized carbons (Fsp3) is 0.0213. The number of para-hydroxylation sites is 2. The van der Waals surface area contributed by atoms with Gasteiger partial charge in [0.25, 0.3) is 0 Å². The van der Waals surface area contributed by atoms with E-state index in [-0.39, 0.29) is 6.23 Å². The van der Waals surface area contributed by atoms with E-state index in [0.717, 1.165) is 17.0 Å². The predicted octanol–water partition coefficient (Wildman–Crippen LogP) is 12.8. The summed E-state index contributed by atoms with van der Waals surface area (Å²) in [7, 11) is 0. The van der Waals surface area contributed by atoms with Crippen LogP contribution in [0.4, 0.5) is 5.69 Å². The summed E-state index contributed by atoms with van der Waals surface area (Å²) in [5.74, 6) is 0.891. The van der Waals surface area contributed by atoms with Crippen LogP contribution in [0, 0.1) is 0 Å². The molecule has 1 atom stereocenters. The fourth-order valence-corrected chi connectivity index (χ4v) is 7.66. The number of hydrogen-bond donors (Lipinski definition) is 1. The minimum Gasteiger partial charge on any atom is -0.464 e. The van der Waals surface area contributed by atoms with Gasteiger partial charge in [0.15, 0.2) is 6.23 Å². The Balaban J connectivity index is 1.18. The van der Waals surface area contributed by atoms with Crippen LogP contribution in [-0.4, -0.2) is 0 Å². The normalized spacial score (nSPS) is 13.8. The molecule has 1 unspecified atom stereocenters. The molecule has 0 bridgehead atoms. The number of ether oxygens (including phenoxy) is 1. The van der Waals surface area contributed by atoms with E-state index >= 15 is 0 Å². The zero-order valence-electron chi connectivity index (χ0n) is 26.7. The molecule has 0 aliphatic carbocycles. The molecule has 2 heteroatoms. The Labute approximate surface area is 284 Å². The molecule has 0 saturated carbocycles. The number of benzene rings is 9. The highest BCUT2D eigenvalue weighted by Crippen LogP contribution is 2.46. The summed E-state index contributed by atoms with van der Waals surface area (Å²) in [6.07, 6.45) is -0.196. The standard InChI is InChI=1S/C47H31NO/c1-3-11-34-27-37(23-19-30(34)9-1)45-39-13-5-6-14-40(39)46(38-24-20-31-10-2-4-12-35(31)28-38)42-29-36(25-26-41(42)45)32-17-21-33(22-18-32)47-48-43-15-7-8-16-44(43)49-47/h1-29,47-48H. The number of rotatable bonds is 4. The van der Waals surface area contributed by atoms with E-state index in [1.165, 1.54) is 76.5 Å². The third kappa shape index (κ3) is 4.64. The molecular formula is C47H31NO. The van der Waals surface area contributed by atoms with Crippen LogP contribution in [0.2, 0.25) is 0 Å². The van der Waals surface area contributed by atoms with Crippen molar-refractivity contribution in [3.63, 3.8) is 0 Å². The highest BCUT2D eigenvalue weighted by atomic mass is 16.5. The van der Waals surface area contributed by atoms with Crippen LogP contribution in [0.1, 0.15) is 11.8 Å². The van der Waals surface area contributed by atoms with Gasteiger partial charge < -0.3 is 10.1 Å². The molecular weight excluding hydrogens is 595 g/mol. The second kappa shape index (κ2) is 11.1. The van der Waals surface area contributed by atoms with Gasteiger partial charge in [0.05, 0.1) is 5.69 Å². The van der Waals surface area contributed by atoms with Crippen LogP contribution in [0.5, 0.6) is 5.75 Å². The first-order chi connectivity index (χ1) is 24.3. The molecule has 10 rings (SSSR count). The van der Waals surface area contributed by atoms with Crippen molar-refractivity contribution in [2.24, 2.45) is 0 Å². The molecule has 9 aromatic carbocycles. The fourth-order valence-electron chi connectivity index (χ4n) is 7.66. The average molecular weight is 626 g/mol. The van der Waals surface area contributed by atoms with E-state index in [4.69, 9.17) is 4.74 Å². The smallest absolute Gasteiger partial charge is 0.196 e. The van der Waals surface area contributed by atoms with E-state index in [1.54, 1.807) is 0 Å². The summed E-state index contributed by atoms with van der Waals surface area (Å²) < 4.78 is 6.20. The second-order valence-corrected chi connectivity index (χ2v) is 12.9. The van der Waals surface area contributed by atoms with Crippen LogP contribution >= 0.6 is 0 Å². The van der Waals surface area contributed by atoms with Gasteiger partial charge in [-0.2, -0.15) is 0 Å². The van der Waals surface area contributed by atoms with Crippen LogP contribution in [0.25, 0.3) is 76.5 Å². The Hall–Kier alpha value is -6.38. The van der Waals surface area contributed by atoms with Crippen molar-refractivity contribution in [2.75, 3.05) is 5.32 Å². The van der Waals surface area contributed by atoms with Crippen molar-refractivity contribution < 1.29 is 4.74 Å². The van der Waals surface area contributed by atoms with Gasteiger partial charge in [0.1, 0.15) is 5.75 Å². The maximum atomic E-state index is 6.20. The highest BCUT2D eigenvalue weighted by Gasteiger charge is 2.23. The molecule has 1 N–H and O–H groups in total. The summed E-state index contributed by atoms with van der Waals surface area (Å²) in [6.45, 7) is 0. The lowest BCUT2D eigenvalue weighted by atomic mass is 9.84. The van der Waals surface area contributed by atoms with Gasteiger partial charge in [-0.15, -0.1) is 0 Å². The number of nitrogens with one attached hydrogen (secondary N) is 1. The van der Waals surface area contributed by atoms with Gasteiger partial charge >= 0.3 is 0 Å². The van der Waals surface area contributed by atoms with Crippen LogP contribution in [0.15, 0.2) is 176 Å². The monoisotopic (exact) mass is 625 g/mol. The lowest BCUT2D eigenvalue weighted by Crippen LogP contribution is -2.09. The molecule has 49 heavy (non-hydrogen) atoms. The Bertz CT molecular complexity index is 2700. The summed E-state index contributed by atoms with van der Waals surface area (Å²) in [6, 6.07) is 63.8. The van der Waals surface area contributed by atoms with Gasteiger partial charge in [0.2, 0.25) is 0 Å². The maximum absolute atomic E-state index is 6.20. The third-order valence-corrected chi connectivity index (χ3v) is 10.1. The van der Waals surface area contributed by atoms with Gasteiger partial charge in [0, 0.05) is 5.56 Å². The van der Waals surface area contributed by atoms with Crippen molar-refractivity contribution >= 4 is 48.8 Å². The van der Waals surface area contributed by atoms with E-state index in [2.05, 4.69) is 163 Å². The molecule has 230 valence electrons. The van der Waals surface area contributed by atoms with E-state index in [0.29, 0.717) is 0 Å². The lowest BCUT2D eigenvalue weighted by molar-refractivity contribution is 0.260. The van der Waals surface area contributed by atoms with Crippen molar-refractivity contribution in [1.82, 2.24) is 0 Å². The molecule has 1 aliphatic rings. The Morgan fingerprint density at radius 1 is 0.367 bits per heavy atom. The highest BCUT2D eigenvalue weighted by molar-refractivity contribution is 6.22. The predicted molar refractivity (Wildman–Crippen MR) is 206 cm³/mol. The van der Waals surface area contributed by atoms with Crippen LogP contribution in [-0.2, 0) is 0 Å². The molecule has 0 aromatic heterocycles. The molecule has 0 radical (unpaired) electrons. The average Bonchev–Trinajstić information content (AvgIpc) is 3.61. The van der Waals surface area contributed by atoms with E-state index in [1.807, 2.05) is 18.2 Å². The lowest BCUT2D eigenvalue weighted by Gasteiger charge is -2.19. The van der Waals surface area contributed by atoms with Crippen molar-refractivity contribution in [1.29, 1.82) is 0 Å². The molecule has 0 spiro atoms.